The molecule has 0 aliphatic carbocycles. The van der Waals surface area contributed by atoms with E-state index in [0.717, 1.165) is 19.6 Å². The Labute approximate surface area is 110 Å². The first-order chi connectivity index (χ1) is 8.54. The number of nitrogens with two attached hydrogens (primary N) is 1. The largest absolute Gasteiger partial charge is 0.373 e. The highest BCUT2D eigenvalue weighted by atomic mass is 16.5. The molecule has 100 valence electrons. The van der Waals surface area contributed by atoms with Crippen molar-refractivity contribution in [3.63, 3.8) is 0 Å². The highest BCUT2D eigenvalue weighted by molar-refractivity contribution is 5.25. The molecule has 3 nitrogen and oxygen atoms in total. The first-order valence-electron chi connectivity index (χ1n) is 6.74. The van der Waals surface area contributed by atoms with Crippen molar-refractivity contribution in [3.8, 4) is 0 Å². The number of hydrogen-bond acceptors (Lipinski definition) is 3. The molecule has 1 aromatic rings. The average Bonchev–Trinajstić information content (AvgIpc) is 2.27. The van der Waals surface area contributed by atoms with Gasteiger partial charge in [0.15, 0.2) is 0 Å². The molecule has 0 amide bonds. The molecule has 3 unspecified atom stereocenters. The van der Waals surface area contributed by atoms with Gasteiger partial charge in [-0.1, -0.05) is 29.8 Å². The number of morpholine rings is 1. The Morgan fingerprint density at radius 1 is 1.33 bits per heavy atom. The van der Waals surface area contributed by atoms with Crippen molar-refractivity contribution in [1.29, 1.82) is 0 Å². The number of nitrogens with zero attached hydrogens (tertiary/aromatic N) is 1. The highest BCUT2D eigenvalue weighted by Crippen LogP contribution is 2.17. The summed E-state index contributed by atoms with van der Waals surface area (Å²) in [4.78, 5) is 2.41. The predicted octanol–water partition coefficient (Wildman–Crippen LogP) is 2.10. The van der Waals surface area contributed by atoms with Crippen LogP contribution in [0.15, 0.2) is 24.3 Å². The third kappa shape index (κ3) is 3.55. The van der Waals surface area contributed by atoms with Crippen LogP contribution >= 0.6 is 0 Å². The van der Waals surface area contributed by atoms with Crippen molar-refractivity contribution >= 4 is 0 Å². The van der Waals surface area contributed by atoms with Gasteiger partial charge in [0.1, 0.15) is 0 Å². The van der Waals surface area contributed by atoms with E-state index in [1.165, 1.54) is 11.1 Å². The molecule has 1 aliphatic heterocycles. The zero-order valence-electron chi connectivity index (χ0n) is 11.6. The SMILES string of the molecule is Cc1cccc(C(N)CN2CC(C)OC(C)C2)c1. The molecule has 3 heteroatoms. The average molecular weight is 248 g/mol. The zero-order valence-corrected chi connectivity index (χ0v) is 11.6. The van der Waals surface area contributed by atoms with Crippen LogP contribution in [-0.2, 0) is 4.74 Å². The quantitative estimate of drug-likeness (QED) is 0.890. The second kappa shape index (κ2) is 5.83. The fourth-order valence-electron chi connectivity index (χ4n) is 2.72. The molecule has 1 saturated heterocycles. The van der Waals surface area contributed by atoms with Gasteiger partial charge < -0.3 is 10.5 Å². The standard InChI is InChI=1S/C15H24N2O/c1-11-5-4-6-14(7-11)15(16)10-17-8-12(2)18-13(3)9-17/h4-7,12-13,15H,8-10,16H2,1-3H3. The van der Waals surface area contributed by atoms with Crippen molar-refractivity contribution in [1.82, 2.24) is 4.90 Å². The Hall–Kier alpha value is -0.900. The molecular formula is C15H24N2O. The molecule has 0 aromatic heterocycles. The van der Waals surface area contributed by atoms with E-state index in [9.17, 15) is 0 Å². The summed E-state index contributed by atoms with van der Waals surface area (Å²) in [5.41, 5.74) is 8.80. The van der Waals surface area contributed by atoms with Gasteiger partial charge in [0.05, 0.1) is 12.2 Å². The predicted molar refractivity (Wildman–Crippen MR) is 74.6 cm³/mol. The Bertz CT molecular complexity index is 384. The van der Waals surface area contributed by atoms with Crippen LogP contribution in [0.4, 0.5) is 0 Å². The third-order valence-corrected chi connectivity index (χ3v) is 3.42. The number of benzene rings is 1. The molecule has 2 N–H and O–H groups in total. The highest BCUT2D eigenvalue weighted by Gasteiger charge is 2.23. The van der Waals surface area contributed by atoms with Crippen LogP contribution in [0.2, 0.25) is 0 Å². The fraction of sp³-hybridized carbons (Fsp3) is 0.600. The molecule has 3 atom stereocenters. The van der Waals surface area contributed by atoms with E-state index < -0.39 is 0 Å². The maximum Gasteiger partial charge on any atom is 0.0678 e. The lowest BCUT2D eigenvalue weighted by atomic mass is 10.0. The van der Waals surface area contributed by atoms with Crippen molar-refractivity contribution in [2.75, 3.05) is 19.6 Å². The van der Waals surface area contributed by atoms with Gasteiger partial charge >= 0.3 is 0 Å². The van der Waals surface area contributed by atoms with Crippen LogP contribution in [0.5, 0.6) is 0 Å². The van der Waals surface area contributed by atoms with Crippen LogP contribution in [0.1, 0.15) is 31.0 Å². The first kappa shape index (κ1) is 13.5. The van der Waals surface area contributed by atoms with E-state index in [0.29, 0.717) is 12.2 Å². The van der Waals surface area contributed by atoms with Gasteiger partial charge in [-0.05, 0) is 26.3 Å². The van der Waals surface area contributed by atoms with Gasteiger partial charge in [0.2, 0.25) is 0 Å². The number of aryl methyl sites for hydroxylation is 1. The normalized spacial score (nSPS) is 27.1. The molecule has 1 fully saturated rings. The number of ether oxygens (including phenoxy) is 1. The summed E-state index contributed by atoms with van der Waals surface area (Å²) in [6.45, 7) is 9.21. The van der Waals surface area contributed by atoms with Gasteiger partial charge in [0.25, 0.3) is 0 Å². The van der Waals surface area contributed by atoms with Gasteiger partial charge in [-0.15, -0.1) is 0 Å². The minimum Gasteiger partial charge on any atom is -0.373 e. The van der Waals surface area contributed by atoms with Crippen molar-refractivity contribution in [3.05, 3.63) is 35.4 Å². The zero-order chi connectivity index (χ0) is 13.1. The molecule has 0 bridgehead atoms. The summed E-state index contributed by atoms with van der Waals surface area (Å²) in [5.74, 6) is 0. The maximum absolute atomic E-state index is 6.30. The minimum atomic E-state index is 0.0856. The maximum atomic E-state index is 6.30. The van der Waals surface area contributed by atoms with E-state index in [2.05, 4.69) is 49.9 Å². The Balaban J connectivity index is 1.96. The van der Waals surface area contributed by atoms with Crippen LogP contribution < -0.4 is 5.73 Å². The number of rotatable bonds is 3. The van der Waals surface area contributed by atoms with E-state index in [1.54, 1.807) is 0 Å². The molecule has 0 radical (unpaired) electrons. The van der Waals surface area contributed by atoms with Gasteiger partial charge in [0, 0.05) is 25.7 Å². The van der Waals surface area contributed by atoms with E-state index in [1.807, 2.05) is 0 Å². The van der Waals surface area contributed by atoms with E-state index in [4.69, 9.17) is 10.5 Å². The third-order valence-electron chi connectivity index (χ3n) is 3.42. The van der Waals surface area contributed by atoms with Crippen LogP contribution in [0.3, 0.4) is 0 Å². The molecule has 1 aromatic carbocycles. The lowest BCUT2D eigenvalue weighted by Gasteiger charge is -2.36. The molecule has 0 spiro atoms. The lowest BCUT2D eigenvalue weighted by molar-refractivity contribution is -0.0691. The Morgan fingerprint density at radius 2 is 2.00 bits per heavy atom. The second-order valence-corrected chi connectivity index (χ2v) is 5.50. The topological polar surface area (TPSA) is 38.5 Å². The summed E-state index contributed by atoms with van der Waals surface area (Å²) in [6.07, 6.45) is 0.608. The van der Waals surface area contributed by atoms with E-state index >= 15 is 0 Å². The molecule has 0 saturated carbocycles. The monoisotopic (exact) mass is 248 g/mol. The number of hydrogen-bond donors (Lipinski definition) is 1. The second-order valence-electron chi connectivity index (χ2n) is 5.50. The Kier molecular flexibility index (Phi) is 4.38. The fourth-order valence-corrected chi connectivity index (χ4v) is 2.72. The van der Waals surface area contributed by atoms with Crippen LogP contribution in [0, 0.1) is 6.92 Å². The van der Waals surface area contributed by atoms with Gasteiger partial charge in [-0.25, -0.2) is 0 Å². The molecule has 18 heavy (non-hydrogen) atoms. The van der Waals surface area contributed by atoms with Crippen molar-refractivity contribution in [2.45, 2.75) is 39.0 Å². The summed E-state index contributed by atoms with van der Waals surface area (Å²) < 4.78 is 5.74. The minimum absolute atomic E-state index is 0.0856. The summed E-state index contributed by atoms with van der Waals surface area (Å²) in [7, 11) is 0. The van der Waals surface area contributed by atoms with Crippen molar-refractivity contribution in [2.24, 2.45) is 5.73 Å². The van der Waals surface area contributed by atoms with Crippen LogP contribution in [-0.4, -0.2) is 36.7 Å². The summed E-state index contributed by atoms with van der Waals surface area (Å²) in [5, 5.41) is 0. The lowest BCUT2D eigenvalue weighted by Crippen LogP contribution is -2.47. The molecular weight excluding hydrogens is 224 g/mol. The Morgan fingerprint density at radius 3 is 2.61 bits per heavy atom. The van der Waals surface area contributed by atoms with Crippen LogP contribution in [0.25, 0.3) is 0 Å². The van der Waals surface area contributed by atoms with Gasteiger partial charge in [-0.3, -0.25) is 4.90 Å². The molecule has 1 aliphatic rings. The first-order valence-corrected chi connectivity index (χ1v) is 6.74. The van der Waals surface area contributed by atoms with Crippen molar-refractivity contribution < 1.29 is 4.74 Å². The summed E-state index contributed by atoms with van der Waals surface area (Å²) in [6, 6.07) is 8.56. The van der Waals surface area contributed by atoms with E-state index in [-0.39, 0.29) is 6.04 Å². The smallest absolute Gasteiger partial charge is 0.0678 e. The molecule has 2 rings (SSSR count). The molecule has 1 heterocycles. The van der Waals surface area contributed by atoms with Gasteiger partial charge in [-0.2, -0.15) is 0 Å². The summed E-state index contributed by atoms with van der Waals surface area (Å²) >= 11 is 0.